The van der Waals surface area contributed by atoms with Crippen molar-refractivity contribution >= 4 is 21.9 Å². The zero-order chi connectivity index (χ0) is 11.7. The first kappa shape index (κ1) is 14.6. The first-order chi connectivity index (χ1) is 7.06. The number of ether oxygens (including phenoxy) is 1. The van der Waals surface area contributed by atoms with Gasteiger partial charge in [0, 0.05) is 12.8 Å². The average Bonchev–Trinajstić information content (AvgIpc) is 2.12. The van der Waals surface area contributed by atoms with Crippen molar-refractivity contribution in [3.8, 4) is 0 Å². The Hall–Kier alpha value is -0.350. The molecule has 0 amide bonds. The first-order valence-electron chi connectivity index (χ1n) is 5.23. The van der Waals surface area contributed by atoms with Crippen LogP contribution in [-0.4, -0.2) is 23.8 Å². The highest BCUT2D eigenvalue weighted by molar-refractivity contribution is 9.11. The normalized spacial score (nSPS) is 12.2. The quantitative estimate of drug-likeness (QED) is 0.549. The van der Waals surface area contributed by atoms with Crippen molar-refractivity contribution in [1.29, 1.82) is 0 Å². The Labute approximate surface area is 99.6 Å². The Balaban J connectivity index is 3.37. The summed E-state index contributed by atoms with van der Waals surface area (Å²) in [5.41, 5.74) is 0. The fourth-order valence-corrected chi connectivity index (χ4v) is 1.61. The van der Waals surface area contributed by atoms with E-state index in [0.29, 0.717) is 25.9 Å². The van der Waals surface area contributed by atoms with Crippen LogP contribution in [0.2, 0.25) is 0 Å². The van der Waals surface area contributed by atoms with E-state index in [4.69, 9.17) is 4.74 Å². The van der Waals surface area contributed by atoms with E-state index >= 15 is 0 Å². The predicted octanol–water partition coefficient (Wildman–Crippen LogP) is 2.77. The largest absolute Gasteiger partial charge is 0.466 e. The molecule has 88 valence electrons. The summed E-state index contributed by atoms with van der Waals surface area (Å²) in [6.07, 6.45) is 2.95. The molecule has 0 aromatic rings. The number of carbonyl (C=O) groups excluding carboxylic acids is 1. The van der Waals surface area contributed by atoms with Gasteiger partial charge >= 0.3 is 5.97 Å². The van der Waals surface area contributed by atoms with Crippen molar-refractivity contribution in [3.05, 3.63) is 11.1 Å². The Morgan fingerprint density at radius 2 is 2.20 bits per heavy atom. The highest BCUT2D eigenvalue weighted by Gasteiger charge is 2.06. The molecule has 0 heterocycles. The summed E-state index contributed by atoms with van der Waals surface area (Å²) in [6.45, 7) is 5.89. The fraction of sp³-hybridized carbons (Fsp3) is 0.727. The Morgan fingerprint density at radius 3 is 2.73 bits per heavy atom. The maximum atomic E-state index is 11.0. The van der Waals surface area contributed by atoms with Gasteiger partial charge in [0.1, 0.15) is 0 Å². The Kier molecular flexibility index (Phi) is 8.71. The van der Waals surface area contributed by atoms with Gasteiger partial charge in [-0.25, -0.2) is 0 Å². The fourth-order valence-electron chi connectivity index (χ4n) is 1.24. The molecular weight excluding hydrogens is 260 g/mol. The van der Waals surface area contributed by atoms with Gasteiger partial charge in [-0.05, 0) is 24.2 Å². The molecule has 0 spiro atoms. The predicted molar refractivity (Wildman–Crippen MR) is 63.8 cm³/mol. The standard InChI is InChI=1S/C11H19BrO3/c1-3-15-11(14)7-5-4-6-10(13)8-9(2)12/h10,13H,2-8H2,1H3. The lowest BCUT2D eigenvalue weighted by molar-refractivity contribution is -0.143. The van der Waals surface area contributed by atoms with E-state index in [0.717, 1.165) is 17.3 Å². The highest BCUT2D eigenvalue weighted by atomic mass is 79.9. The second kappa shape index (κ2) is 8.92. The minimum atomic E-state index is -0.362. The number of hydrogen-bond donors (Lipinski definition) is 1. The molecule has 0 aliphatic heterocycles. The molecule has 0 aliphatic rings. The molecule has 3 nitrogen and oxygen atoms in total. The first-order valence-corrected chi connectivity index (χ1v) is 6.02. The number of halogens is 1. The van der Waals surface area contributed by atoms with Crippen LogP contribution in [0.4, 0.5) is 0 Å². The molecule has 1 atom stereocenters. The molecule has 0 saturated carbocycles. The molecule has 0 aromatic carbocycles. The van der Waals surface area contributed by atoms with Gasteiger partial charge in [-0.2, -0.15) is 0 Å². The van der Waals surface area contributed by atoms with Crippen LogP contribution >= 0.6 is 15.9 Å². The number of unbranched alkanes of at least 4 members (excludes halogenated alkanes) is 1. The van der Waals surface area contributed by atoms with Crippen molar-refractivity contribution < 1.29 is 14.6 Å². The number of esters is 1. The summed E-state index contributed by atoms with van der Waals surface area (Å²) in [5, 5.41) is 9.48. The van der Waals surface area contributed by atoms with Crippen molar-refractivity contribution in [2.45, 2.75) is 45.1 Å². The van der Waals surface area contributed by atoms with Gasteiger partial charge in [0.15, 0.2) is 0 Å². The van der Waals surface area contributed by atoms with Gasteiger partial charge in [-0.15, -0.1) is 0 Å². The summed E-state index contributed by atoms with van der Waals surface area (Å²) >= 11 is 3.20. The van der Waals surface area contributed by atoms with Gasteiger partial charge in [0.25, 0.3) is 0 Å². The van der Waals surface area contributed by atoms with Gasteiger partial charge in [0.05, 0.1) is 12.7 Å². The van der Waals surface area contributed by atoms with Crippen molar-refractivity contribution in [2.24, 2.45) is 0 Å². The molecule has 15 heavy (non-hydrogen) atoms. The van der Waals surface area contributed by atoms with Crippen LogP contribution in [0.1, 0.15) is 39.0 Å². The summed E-state index contributed by atoms with van der Waals surface area (Å²) in [6, 6.07) is 0. The van der Waals surface area contributed by atoms with Crippen molar-refractivity contribution in [2.75, 3.05) is 6.61 Å². The van der Waals surface area contributed by atoms with Crippen LogP contribution in [0.5, 0.6) is 0 Å². The number of rotatable bonds is 8. The third kappa shape index (κ3) is 9.94. The van der Waals surface area contributed by atoms with E-state index in [-0.39, 0.29) is 12.1 Å². The van der Waals surface area contributed by atoms with E-state index in [2.05, 4.69) is 22.5 Å². The minimum Gasteiger partial charge on any atom is -0.466 e. The maximum absolute atomic E-state index is 11.0. The molecular formula is C11H19BrO3. The third-order valence-corrected chi connectivity index (χ3v) is 2.25. The topological polar surface area (TPSA) is 46.5 Å². The van der Waals surface area contributed by atoms with Gasteiger partial charge in [0.2, 0.25) is 0 Å². The zero-order valence-corrected chi connectivity index (χ0v) is 10.8. The molecule has 0 saturated heterocycles. The SMILES string of the molecule is C=C(Br)CC(O)CCCCC(=O)OCC. The molecule has 1 unspecified atom stereocenters. The summed E-state index contributed by atoms with van der Waals surface area (Å²) in [7, 11) is 0. The van der Waals surface area contributed by atoms with E-state index in [1.807, 2.05) is 0 Å². The Morgan fingerprint density at radius 1 is 1.53 bits per heavy atom. The van der Waals surface area contributed by atoms with E-state index in [1.54, 1.807) is 6.92 Å². The molecule has 0 aliphatic carbocycles. The second-order valence-electron chi connectivity index (χ2n) is 3.43. The molecule has 0 radical (unpaired) electrons. The van der Waals surface area contributed by atoms with Gasteiger partial charge in [-0.3, -0.25) is 4.79 Å². The number of aliphatic hydroxyl groups is 1. The Bertz CT molecular complexity index is 204. The highest BCUT2D eigenvalue weighted by Crippen LogP contribution is 2.14. The smallest absolute Gasteiger partial charge is 0.305 e. The summed E-state index contributed by atoms with van der Waals surface area (Å²) in [4.78, 5) is 11.0. The molecule has 0 rings (SSSR count). The van der Waals surface area contributed by atoms with Crippen LogP contribution in [0.25, 0.3) is 0 Å². The lowest BCUT2D eigenvalue weighted by Crippen LogP contribution is -2.07. The van der Waals surface area contributed by atoms with Crippen LogP contribution in [0.3, 0.4) is 0 Å². The molecule has 0 bridgehead atoms. The number of aliphatic hydroxyl groups excluding tert-OH is 1. The second-order valence-corrected chi connectivity index (χ2v) is 4.55. The van der Waals surface area contributed by atoms with Crippen molar-refractivity contribution in [3.63, 3.8) is 0 Å². The monoisotopic (exact) mass is 278 g/mol. The lowest BCUT2D eigenvalue weighted by Gasteiger charge is -2.08. The zero-order valence-electron chi connectivity index (χ0n) is 9.17. The van der Waals surface area contributed by atoms with Crippen LogP contribution in [-0.2, 0) is 9.53 Å². The maximum Gasteiger partial charge on any atom is 0.305 e. The minimum absolute atomic E-state index is 0.156. The van der Waals surface area contributed by atoms with Crippen LogP contribution in [0, 0.1) is 0 Å². The summed E-state index contributed by atoms with van der Waals surface area (Å²) in [5.74, 6) is -0.156. The number of hydrogen-bond acceptors (Lipinski definition) is 3. The molecule has 0 aromatic heterocycles. The number of carbonyl (C=O) groups is 1. The summed E-state index contributed by atoms with van der Waals surface area (Å²) < 4.78 is 5.60. The van der Waals surface area contributed by atoms with E-state index in [9.17, 15) is 9.90 Å². The molecule has 4 heteroatoms. The van der Waals surface area contributed by atoms with Crippen LogP contribution in [0.15, 0.2) is 11.1 Å². The van der Waals surface area contributed by atoms with Gasteiger partial charge < -0.3 is 9.84 Å². The van der Waals surface area contributed by atoms with Gasteiger partial charge in [-0.1, -0.05) is 28.9 Å². The third-order valence-electron chi connectivity index (χ3n) is 1.93. The van der Waals surface area contributed by atoms with Crippen LogP contribution < -0.4 is 0 Å². The van der Waals surface area contributed by atoms with E-state index < -0.39 is 0 Å². The molecule has 0 fully saturated rings. The molecule has 1 N–H and O–H groups in total. The lowest BCUT2D eigenvalue weighted by atomic mass is 10.1. The van der Waals surface area contributed by atoms with E-state index in [1.165, 1.54) is 0 Å². The van der Waals surface area contributed by atoms with Crippen molar-refractivity contribution in [1.82, 2.24) is 0 Å². The average molecular weight is 279 g/mol.